The highest BCUT2D eigenvalue weighted by Crippen LogP contribution is 2.85. The lowest BCUT2D eigenvalue weighted by molar-refractivity contribution is -0.0152. The highest BCUT2D eigenvalue weighted by Gasteiger charge is 2.63. The second-order valence-corrected chi connectivity index (χ2v) is 21.4. The average molecular weight is 733 g/mol. The van der Waals surface area contributed by atoms with E-state index in [-0.39, 0.29) is 24.4 Å². The summed E-state index contributed by atoms with van der Waals surface area (Å²) in [5, 5.41) is -1.03. The number of hydrogen-bond donors (Lipinski definition) is 0. The molecular formula is C40H63O6P3. The van der Waals surface area contributed by atoms with Gasteiger partial charge in [-0.25, -0.2) is 0 Å². The quantitative estimate of drug-likeness (QED) is 0.180. The van der Waals surface area contributed by atoms with Crippen molar-refractivity contribution in [2.24, 2.45) is 35.5 Å². The molecule has 1 saturated heterocycles. The highest BCUT2D eigenvalue weighted by atomic mass is 32.1. The Bertz CT molecular complexity index is 1220. The molecule has 3 fully saturated rings. The van der Waals surface area contributed by atoms with Gasteiger partial charge in [0.1, 0.15) is 6.10 Å². The van der Waals surface area contributed by atoms with E-state index in [1.807, 2.05) is 0 Å². The molecule has 9 atom stereocenters. The second-order valence-electron chi connectivity index (χ2n) is 16.0. The standard InChI is InChI=1S/C40H63O6P3/c1-27(2)35-23-21-31(9)25-37(35)43-47(44-38-26-32(10)22-24-36(38)28(3)4)40(34-19-15-12-16-20-34)39(33-17-13-11-14-18-33)45-49(46-40)48(41-29(5)6)42-30(7)8/h11-20,27-32,35-39H,21-26H2,1-10H3. The molecule has 1 aliphatic heterocycles. The zero-order valence-electron chi connectivity index (χ0n) is 31.7. The minimum atomic E-state index is -1.70. The first-order valence-corrected chi connectivity index (χ1v) is 23.2. The number of hydrogen-bond acceptors (Lipinski definition) is 6. The Balaban J connectivity index is 1.70. The normalized spacial score (nSPS) is 33.3. The van der Waals surface area contributed by atoms with Crippen LogP contribution in [-0.2, 0) is 32.5 Å². The minimum Gasteiger partial charge on any atom is -0.328 e. The molecule has 0 N–H and O–H groups in total. The molecule has 0 bridgehead atoms. The lowest BCUT2D eigenvalue weighted by Gasteiger charge is -2.46. The van der Waals surface area contributed by atoms with Crippen LogP contribution in [-0.4, -0.2) is 24.4 Å². The third kappa shape index (κ3) is 9.73. The van der Waals surface area contributed by atoms with Gasteiger partial charge in [0.15, 0.2) is 5.34 Å². The largest absolute Gasteiger partial charge is 0.328 e. The fourth-order valence-corrected chi connectivity index (χ4v) is 15.4. The maximum atomic E-state index is 7.66. The van der Waals surface area contributed by atoms with Crippen LogP contribution < -0.4 is 0 Å². The molecule has 9 heteroatoms. The summed E-state index contributed by atoms with van der Waals surface area (Å²) in [5.41, 5.74) is 2.08. The first-order valence-electron chi connectivity index (χ1n) is 18.9. The fourth-order valence-electron chi connectivity index (χ4n) is 7.81. The Kier molecular flexibility index (Phi) is 14.6. The summed E-state index contributed by atoms with van der Waals surface area (Å²) in [5.74, 6) is 3.11. The third-order valence-electron chi connectivity index (χ3n) is 10.4. The van der Waals surface area contributed by atoms with E-state index in [2.05, 4.69) is 130 Å². The summed E-state index contributed by atoms with van der Waals surface area (Å²) in [6.07, 6.45) is 6.45. The van der Waals surface area contributed by atoms with Gasteiger partial charge in [-0.05, 0) is 100 Å². The fraction of sp³-hybridized carbons (Fsp3) is 0.700. The van der Waals surface area contributed by atoms with Gasteiger partial charge in [0.2, 0.25) is 8.38 Å². The van der Waals surface area contributed by atoms with E-state index < -0.39 is 35.9 Å². The van der Waals surface area contributed by atoms with E-state index in [0.717, 1.165) is 24.0 Å². The summed E-state index contributed by atoms with van der Waals surface area (Å²) >= 11 is 0. The number of benzene rings is 2. The van der Waals surface area contributed by atoms with Crippen molar-refractivity contribution in [2.45, 2.75) is 144 Å². The predicted molar refractivity (Wildman–Crippen MR) is 205 cm³/mol. The van der Waals surface area contributed by atoms with Crippen molar-refractivity contribution in [3.8, 4) is 0 Å². The van der Waals surface area contributed by atoms with Gasteiger partial charge >= 0.3 is 0 Å². The van der Waals surface area contributed by atoms with Crippen molar-refractivity contribution in [2.75, 3.05) is 0 Å². The zero-order chi connectivity index (χ0) is 35.3. The van der Waals surface area contributed by atoms with Crippen LogP contribution in [0.3, 0.4) is 0 Å². The Morgan fingerprint density at radius 2 is 1.14 bits per heavy atom. The first-order chi connectivity index (χ1) is 23.4. The Hall–Kier alpha value is -0.510. The molecular weight excluding hydrogens is 669 g/mol. The lowest BCUT2D eigenvalue weighted by Crippen LogP contribution is -2.40. The molecule has 0 amide bonds. The maximum absolute atomic E-state index is 7.66. The summed E-state index contributed by atoms with van der Waals surface area (Å²) < 4.78 is 43.1. The van der Waals surface area contributed by atoms with Gasteiger partial charge in [0, 0.05) is 0 Å². The van der Waals surface area contributed by atoms with Crippen LogP contribution in [0.2, 0.25) is 0 Å². The lowest BCUT2D eigenvalue weighted by atomic mass is 9.75. The van der Waals surface area contributed by atoms with Crippen molar-refractivity contribution in [3.63, 3.8) is 0 Å². The van der Waals surface area contributed by atoms with Gasteiger partial charge in [-0.2, -0.15) is 0 Å². The van der Waals surface area contributed by atoms with E-state index in [1.165, 1.54) is 25.7 Å². The minimum absolute atomic E-state index is 0.0403. The van der Waals surface area contributed by atoms with Crippen molar-refractivity contribution < 1.29 is 27.1 Å². The molecule has 9 unspecified atom stereocenters. The highest BCUT2D eigenvalue weighted by molar-refractivity contribution is 8.21. The van der Waals surface area contributed by atoms with Crippen LogP contribution in [0, 0.1) is 35.5 Å². The third-order valence-corrected chi connectivity index (χ3v) is 16.8. The molecule has 1 heterocycles. The summed E-state index contributed by atoms with van der Waals surface area (Å²) in [6, 6.07) is 21.2. The molecule has 0 radical (unpaired) electrons. The van der Waals surface area contributed by atoms with Crippen LogP contribution in [0.15, 0.2) is 60.7 Å². The van der Waals surface area contributed by atoms with Gasteiger partial charge < -0.3 is 27.1 Å². The van der Waals surface area contributed by atoms with Crippen LogP contribution in [0.25, 0.3) is 0 Å². The molecule has 3 aliphatic rings. The van der Waals surface area contributed by atoms with E-state index >= 15 is 0 Å². The van der Waals surface area contributed by atoms with Crippen LogP contribution >= 0.6 is 24.5 Å². The first kappa shape index (κ1) is 39.7. The second kappa shape index (κ2) is 18.0. The van der Waals surface area contributed by atoms with Crippen molar-refractivity contribution >= 4 is 24.5 Å². The number of rotatable bonds is 14. The molecule has 6 nitrogen and oxygen atoms in total. The SMILES string of the molecule is CC1CCC(C(C)C)C(OP(OC2CC(C)CCC2C(C)C)C2(c3ccccc3)OP(P(OC(C)C)OC(C)C)OC2c2ccccc2)C1. The van der Waals surface area contributed by atoms with Crippen LogP contribution in [0.4, 0.5) is 0 Å². The molecule has 5 rings (SSSR count). The smallest absolute Gasteiger partial charge is 0.258 e. The van der Waals surface area contributed by atoms with Gasteiger partial charge in [0.25, 0.3) is 16.1 Å². The Labute approximate surface area is 301 Å². The molecule has 274 valence electrons. The van der Waals surface area contributed by atoms with E-state index in [4.69, 9.17) is 27.1 Å². The van der Waals surface area contributed by atoms with Gasteiger partial charge in [-0.15, -0.1) is 0 Å². The van der Waals surface area contributed by atoms with E-state index in [9.17, 15) is 0 Å². The van der Waals surface area contributed by atoms with E-state index in [0.29, 0.717) is 35.5 Å². The Morgan fingerprint density at radius 1 is 0.673 bits per heavy atom. The molecule has 49 heavy (non-hydrogen) atoms. The molecule has 2 aromatic rings. The molecule has 2 saturated carbocycles. The monoisotopic (exact) mass is 732 g/mol. The summed E-state index contributed by atoms with van der Waals surface area (Å²) in [4.78, 5) is 0. The van der Waals surface area contributed by atoms with Crippen LogP contribution in [0.5, 0.6) is 0 Å². The summed E-state index contributed by atoms with van der Waals surface area (Å²) in [7, 11) is -4.81. The van der Waals surface area contributed by atoms with Gasteiger partial charge in [-0.3, -0.25) is 0 Å². The topological polar surface area (TPSA) is 55.4 Å². The van der Waals surface area contributed by atoms with Gasteiger partial charge in [0.05, 0.1) is 24.4 Å². The molecule has 0 aromatic heterocycles. The summed E-state index contributed by atoms with van der Waals surface area (Å²) in [6.45, 7) is 22.4. The van der Waals surface area contributed by atoms with E-state index in [1.54, 1.807) is 0 Å². The van der Waals surface area contributed by atoms with Crippen molar-refractivity contribution in [3.05, 3.63) is 71.8 Å². The van der Waals surface area contributed by atoms with Crippen LogP contribution in [0.1, 0.15) is 125 Å². The molecule has 2 aromatic carbocycles. The molecule has 0 spiro atoms. The van der Waals surface area contributed by atoms with Gasteiger partial charge in [-0.1, -0.05) is 115 Å². The maximum Gasteiger partial charge on any atom is 0.258 e. The van der Waals surface area contributed by atoms with Crippen molar-refractivity contribution in [1.29, 1.82) is 0 Å². The van der Waals surface area contributed by atoms with Crippen molar-refractivity contribution in [1.82, 2.24) is 0 Å². The zero-order valence-corrected chi connectivity index (χ0v) is 34.3. The predicted octanol–water partition coefficient (Wildman–Crippen LogP) is 13.3. The molecule has 2 aliphatic carbocycles. The average Bonchev–Trinajstić information content (AvgIpc) is 3.46. The Morgan fingerprint density at radius 3 is 1.59 bits per heavy atom.